The number of hydrogen-bond donors (Lipinski definition) is 2. The minimum absolute atomic E-state index is 0.0534. The maximum Gasteiger partial charge on any atom is 0.242 e. The van der Waals surface area contributed by atoms with Gasteiger partial charge in [-0.05, 0) is 29.5 Å². The van der Waals surface area contributed by atoms with E-state index in [-0.39, 0.29) is 30.7 Å². The van der Waals surface area contributed by atoms with Gasteiger partial charge >= 0.3 is 0 Å². The van der Waals surface area contributed by atoms with Crippen molar-refractivity contribution in [3.63, 3.8) is 0 Å². The number of benzene rings is 2. The molecule has 1 aromatic heterocycles. The second-order valence-electron chi connectivity index (χ2n) is 8.24. The number of nitrogens with zero attached hydrogens (tertiary/aromatic N) is 2. The second kappa shape index (κ2) is 8.71. The highest BCUT2D eigenvalue weighted by Crippen LogP contribution is 2.30. The third kappa shape index (κ3) is 4.50. The number of carbonyl (C=O) groups excluding carboxylic acids is 3. The minimum Gasteiger partial charge on any atom is -0.350 e. The summed E-state index contributed by atoms with van der Waals surface area (Å²) in [6.07, 6.45) is 0.706. The van der Waals surface area contributed by atoms with E-state index in [9.17, 15) is 14.4 Å². The Labute approximate surface area is 180 Å². The molecule has 1 fully saturated rings. The van der Waals surface area contributed by atoms with Gasteiger partial charge in [0.25, 0.3) is 0 Å². The second-order valence-corrected chi connectivity index (χ2v) is 8.24. The van der Waals surface area contributed by atoms with E-state index in [0.29, 0.717) is 24.6 Å². The van der Waals surface area contributed by atoms with Crippen LogP contribution in [0.5, 0.6) is 0 Å². The van der Waals surface area contributed by atoms with Crippen LogP contribution in [0.2, 0.25) is 0 Å². The van der Waals surface area contributed by atoms with Crippen molar-refractivity contribution in [3.8, 4) is 0 Å². The van der Waals surface area contributed by atoms with Crippen LogP contribution in [0.4, 0.5) is 0 Å². The summed E-state index contributed by atoms with van der Waals surface area (Å²) in [7, 11) is 0. The predicted molar refractivity (Wildman–Crippen MR) is 117 cm³/mol. The Bertz CT molecular complexity index is 1130. The van der Waals surface area contributed by atoms with E-state index in [1.807, 2.05) is 36.4 Å². The summed E-state index contributed by atoms with van der Waals surface area (Å²) in [5, 5.41) is 10.8. The Morgan fingerprint density at radius 1 is 1.16 bits per heavy atom. The molecule has 160 valence electrons. The molecular formula is C24H26N4O3. The topological polar surface area (TPSA) is 93.1 Å². The fourth-order valence-corrected chi connectivity index (χ4v) is 3.90. The van der Waals surface area contributed by atoms with Gasteiger partial charge < -0.3 is 5.32 Å². The average Bonchev–Trinajstić information content (AvgIpc) is 3.11. The smallest absolute Gasteiger partial charge is 0.242 e. The molecule has 0 saturated carbocycles. The van der Waals surface area contributed by atoms with Crippen LogP contribution < -0.4 is 10.6 Å². The Morgan fingerprint density at radius 2 is 1.90 bits per heavy atom. The fourth-order valence-electron chi connectivity index (χ4n) is 3.90. The van der Waals surface area contributed by atoms with Crippen LogP contribution in [0.3, 0.4) is 0 Å². The van der Waals surface area contributed by atoms with Crippen molar-refractivity contribution < 1.29 is 14.4 Å². The Morgan fingerprint density at radius 3 is 2.61 bits per heavy atom. The van der Waals surface area contributed by atoms with Crippen molar-refractivity contribution in [1.29, 1.82) is 0 Å². The van der Waals surface area contributed by atoms with Gasteiger partial charge in [0.05, 0.1) is 17.1 Å². The van der Waals surface area contributed by atoms with Crippen molar-refractivity contribution in [2.45, 2.75) is 51.6 Å². The third-order valence-electron chi connectivity index (χ3n) is 5.69. The van der Waals surface area contributed by atoms with Crippen LogP contribution in [0, 0.1) is 0 Å². The van der Waals surface area contributed by atoms with Gasteiger partial charge in [-0.3, -0.25) is 24.4 Å². The molecule has 3 amide bonds. The molecule has 2 heterocycles. The van der Waals surface area contributed by atoms with Crippen LogP contribution in [0.25, 0.3) is 10.9 Å². The van der Waals surface area contributed by atoms with E-state index in [1.54, 1.807) is 4.68 Å². The van der Waals surface area contributed by atoms with Crippen LogP contribution in [0.15, 0.2) is 48.5 Å². The molecule has 1 aliphatic heterocycles. The summed E-state index contributed by atoms with van der Waals surface area (Å²) in [5.74, 6) is -0.774. The Kier molecular flexibility index (Phi) is 5.84. The average molecular weight is 418 g/mol. The molecule has 2 aromatic carbocycles. The normalized spacial score (nSPS) is 16.5. The molecule has 2 N–H and O–H groups in total. The minimum atomic E-state index is -0.494. The summed E-state index contributed by atoms with van der Waals surface area (Å²) in [6, 6.07) is 15.8. The first kappa shape index (κ1) is 20.8. The zero-order chi connectivity index (χ0) is 22.0. The highest BCUT2D eigenvalue weighted by atomic mass is 16.2. The maximum atomic E-state index is 12.6. The number of fused-ring (bicyclic) bond motifs is 1. The summed E-state index contributed by atoms with van der Waals surface area (Å²) < 4.78 is 1.63. The Balaban J connectivity index is 1.48. The molecule has 0 bridgehead atoms. The first-order valence-electron chi connectivity index (χ1n) is 10.6. The van der Waals surface area contributed by atoms with Gasteiger partial charge in [0.15, 0.2) is 0 Å². The SMILES string of the molecule is CC(C)c1ccc(CNC(=O)Cn2nc(C3CCC(=O)NC3=O)c3ccccc32)cc1. The molecule has 0 spiro atoms. The monoisotopic (exact) mass is 418 g/mol. The van der Waals surface area contributed by atoms with Crippen molar-refractivity contribution in [3.05, 3.63) is 65.4 Å². The van der Waals surface area contributed by atoms with Gasteiger partial charge in [0.2, 0.25) is 17.7 Å². The van der Waals surface area contributed by atoms with Crippen LogP contribution >= 0.6 is 0 Å². The third-order valence-corrected chi connectivity index (χ3v) is 5.69. The predicted octanol–water partition coefficient (Wildman–Crippen LogP) is 3.00. The highest BCUT2D eigenvalue weighted by Gasteiger charge is 2.31. The molecule has 1 saturated heterocycles. The molecule has 3 aromatic rings. The van der Waals surface area contributed by atoms with Gasteiger partial charge in [-0.2, -0.15) is 5.10 Å². The van der Waals surface area contributed by atoms with E-state index in [1.165, 1.54) is 5.56 Å². The number of rotatable bonds is 6. The number of aromatic nitrogens is 2. The van der Waals surface area contributed by atoms with E-state index >= 15 is 0 Å². The standard InChI is InChI=1S/C24H26N4O3/c1-15(2)17-9-7-16(8-10-17)13-25-22(30)14-28-20-6-4-3-5-18(20)23(27-28)19-11-12-21(29)26-24(19)31/h3-10,15,19H,11-14H2,1-2H3,(H,25,30)(H,26,29,31). The van der Waals surface area contributed by atoms with E-state index in [2.05, 4.69) is 41.7 Å². The van der Waals surface area contributed by atoms with Gasteiger partial charge in [-0.15, -0.1) is 0 Å². The van der Waals surface area contributed by atoms with E-state index in [0.717, 1.165) is 16.5 Å². The highest BCUT2D eigenvalue weighted by molar-refractivity contribution is 6.02. The van der Waals surface area contributed by atoms with Crippen molar-refractivity contribution in [1.82, 2.24) is 20.4 Å². The lowest BCUT2D eigenvalue weighted by Gasteiger charge is -2.19. The maximum absolute atomic E-state index is 12.6. The summed E-state index contributed by atoms with van der Waals surface area (Å²) >= 11 is 0. The van der Waals surface area contributed by atoms with Gasteiger partial charge in [0, 0.05) is 18.4 Å². The number of piperidine rings is 1. The first-order chi connectivity index (χ1) is 14.9. The molecule has 31 heavy (non-hydrogen) atoms. The van der Waals surface area contributed by atoms with Gasteiger partial charge in [0.1, 0.15) is 6.54 Å². The molecule has 1 aliphatic rings. The van der Waals surface area contributed by atoms with Gasteiger partial charge in [-0.25, -0.2) is 0 Å². The zero-order valence-corrected chi connectivity index (χ0v) is 17.7. The summed E-state index contributed by atoms with van der Waals surface area (Å²) in [5.41, 5.74) is 3.70. The Hall–Kier alpha value is -3.48. The molecule has 4 rings (SSSR count). The molecule has 7 nitrogen and oxygen atoms in total. The molecule has 0 aliphatic carbocycles. The fraction of sp³-hybridized carbons (Fsp3) is 0.333. The first-order valence-corrected chi connectivity index (χ1v) is 10.6. The van der Waals surface area contributed by atoms with Crippen molar-refractivity contribution in [2.75, 3.05) is 0 Å². The number of amides is 3. The molecular weight excluding hydrogens is 392 g/mol. The van der Waals surface area contributed by atoms with Crippen molar-refractivity contribution >= 4 is 28.6 Å². The lowest BCUT2D eigenvalue weighted by Crippen LogP contribution is -2.39. The molecule has 1 atom stereocenters. The number of carbonyl (C=O) groups is 3. The number of nitrogens with one attached hydrogen (secondary N) is 2. The quantitative estimate of drug-likeness (QED) is 0.602. The zero-order valence-electron chi connectivity index (χ0n) is 17.7. The number of imide groups is 1. The van der Waals surface area contributed by atoms with E-state index < -0.39 is 5.92 Å². The van der Waals surface area contributed by atoms with Crippen LogP contribution in [0.1, 0.15) is 55.3 Å². The summed E-state index contributed by atoms with van der Waals surface area (Å²) in [6.45, 7) is 4.79. The lowest BCUT2D eigenvalue weighted by molar-refractivity contribution is -0.134. The summed E-state index contributed by atoms with van der Waals surface area (Å²) in [4.78, 5) is 36.4. The van der Waals surface area contributed by atoms with Crippen LogP contribution in [-0.2, 0) is 27.5 Å². The lowest BCUT2D eigenvalue weighted by atomic mass is 9.93. The molecule has 1 unspecified atom stereocenters. The number of hydrogen-bond acceptors (Lipinski definition) is 4. The molecule has 0 radical (unpaired) electrons. The van der Waals surface area contributed by atoms with Gasteiger partial charge in [-0.1, -0.05) is 56.3 Å². The van der Waals surface area contributed by atoms with E-state index in [4.69, 9.17) is 0 Å². The van der Waals surface area contributed by atoms with Crippen LogP contribution in [-0.4, -0.2) is 27.5 Å². The van der Waals surface area contributed by atoms with Crippen molar-refractivity contribution in [2.24, 2.45) is 0 Å². The molecule has 7 heteroatoms. The number of para-hydroxylation sites is 1. The largest absolute Gasteiger partial charge is 0.350 e.